The average Bonchev–Trinajstić information content (AvgIpc) is 3.33. The molecule has 0 fully saturated rings. The number of hydrogen-bond acceptors (Lipinski definition) is 7. The first-order chi connectivity index (χ1) is 17.2. The summed E-state index contributed by atoms with van der Waals surface area (Å²) in [5.74, 6) is -0.516. The Kier molecular flexibility index (Phi) is 5.69. The summed E-state index contributed by atoms with van der Waals surface area (Å²) >= 11 is 1.63. The van der Waals surface area contributed by atoms with Crippen molar-refractivity contribution in [3.63, 3.8) is 0 Å². The fourth-order valence-electron chi connectivity index (χ4n) is 4.47. The van der Waals surface area contributed by atoms with Crippen molar-refractivity contribution >= 4 is 28.7 Å². The molecule has 5 rings (SSSR count). The van der Waals surface area contributed by atoms with Gasteiger partial charge in [0.2, 0.25) is 0 Å². The molecule has 0 saturated heterocycles. The van der Waals surface area contributed by atoms with Crippen LogP contribution in [0.15, 0.2) is 47.5 Å². The van der Waals surface area contributed by atoms with Crippen LogP contribution in [-0.4, -0.2) is 31.6 Å². The fraction of sp³-hybridized carbons (Fsp3) is 0.222. The van der Waals surface area contributed by atoms with Gasteiger partial charge in [0.25, 0.3) is 0 Å². The Balaban J connectivity index is 1.69. The quantitative estimate of drug-likeness (QED) is 0.383. The standard InChI is InChI=1S/C27H24N6O2S/c1-13-15(3)36-26-22(13)24(30-23(14(2)27(34)35)25-32-31-16(4)33(25)26)18-7-5-17(6-8-18)19-9-10-21(29)20(11-19)12-28/h5-11,14,23H,29H2,1-4H3,(H,34,35)/t14?,23-/m0/s1. The first-order valence-corrected chi connectivity index (χ1v) is 12.3. The van der Waals surface area contributed by atoms with Gasteiger partial charge in [-0.05, 0) is 56.5 Å². The third-order valence-corrected chi connectivity index (χ3v) is 7.91. The first-order valence-electron chi connectivity index (χ1n) is 11.4. The number of thiophene rings is 1. The molecule has 8 nitrogen and oxygen atoms in total. The van der Waals surface area contributed by atoms with E-state index < -0.39 is 17.9 Å². The monoisotopic (exact) mass is 496 g/mol. The van der Waals surface area contributed by atoms with Gasteiger partial charge in [-0.15, -0.1) is 21.5 Å². The van der Waals surface area contributed by atoms with Crippen molar-refractivity contribution in [3.8, 4) is 22.2 Å². The van der Waals surface area contributed by atoms with Crippen molar-refractivity contribution in [1.29, 1.82) is 5.26 Å². The van der Waals surface area contributed by atoms with Crippen LogP contribution in [0, 0.1) is 38.0 Å². The first kappa shape index (κ1) is 23.5. The fourth-order valence-corrected chi connectivity index (χ4v) is 5.68. The number of aliphatic carboxylic acids is 1. The number of anilines is 1. The summed E-state index contributed by atoms with van der Waals surface area (Å²) in [6.07, 6.45) is 0. The van der Waals surface area contributed by atoms with Gasteiger partial charge in [-0.2, -0.15) is 5.26 Å². The second kappa shape index (κ2) is 8.73. The Morgan fingerprint density at radius 3 is 2.44 bits per heavy atom. The van der Waals surface area contributed by atoms with E-state index in [2.05, 4.69) is 30.1 Å². The summed E-state index contributed by atoms with van der Waals surface area (Å²) in [6.45, 7) is 7.65. The third-order valence-electron chi connectivity index (χ3n) is 6.72. The lowest BCUT2D eigenvalue weighted by atomic mass is 9.96. The molecular formula is C27H24N6O2S. The largest absolute Gasteiger partial charge is 0.481 e. The number of nitrogens with two attached hydrogens (primary N) is 1. The van der Waals surface area contributed by atoms with Gasteiger partial charge in [-0.3, -0.25) is 14.4 Å². The molecule has 0 radical (unpaired) electrons. The van der Waals surface area contributed by atoms with Crippen LogP contribution in [0.2, 0.25) is 0 Å². The Morgan fingerprint density at radius 1 is 1.11 bits per heavy atom. The van der Waals surface area contributed by atoms with Crippen LogP contribution in [0.25, 0.3) is 16.1 Å². The summed E-state index contributed by atoms with van der Waals surface area (Å²) < 4.78 is 1.95. The van der Waals surface area contributed by atoms with E-state index in [-0.39, 0.29) is 0 Å². The van der Waals surface area contributed by atoms with Crippen molar-refractivity contribution in [1.82, 2.24) is 14.8 Å². The van der Waals surface area contributed by atoms with Gasteiger partial charge in [0.1, 0.15) is 22.9 Å². The third kappa shape index (κ3) is 3.67. The maximum absolute atomic E-state index is 12.0. The van der Waals surface area contributed by atoms with Crippen molar-refractivity contribution in [2.24, 2.45) is 10.9 Å². The smallest absolute Gasteiger partial charge is 0.308 e. The number of hydrogen-bond donors (Lipinski definition) is 2. The van der Waals surface area contributed by atoms with Gasteiger partial charge >= 0.3 is 5.97 Å². The molecule has 180 valence electrons. The van der Waals surface area contributed by atoms with Gasteiger partial charge in [0.05, 0.1) is 17.2 Å². The summed E-state index contributed by atoms with van der Waals surface area (Å²) in [5, 5.41) is 28.8. The molecule has 2 aromatic heterocycles. The molecule has 2 aromatic carbocycles. The Morgan fingerprint density at radius 2 is 1.78 bits per heavy atom. The van der Waals surface area contributed by atoms with Crippen molar-refractivity contribution < 1.29 is 9.90 Å². The number of aromatic nitrogens is 3. The molecule has 0 saturated carbocycles. The number of aryl methyl sites for hydroxylation is 2. The van der Waals surface area contributed by atoms with E-state index in [1.54, 1.807) is 30.4 Å². The number of aliphatic imine (C=N–C) groups is 1. The molecule has 9 heteroatoms. The molecular weight excluding hydrogens is 472 g/mol. The predicted octanol–water partition coefficient (Wildman–Crippen LogP) is 4.99. The van der Waals surface area contributed by atoms with E-state index in [0.29, 0.717) is 22.9 Å². The number of nitriles is 1. The zero-order valence-corrected chi connectivity index (χ0v) is 21.1. The Hall–Kier alpha value is -4.29. The zero-order chi connectivity index (χ0) is 25.7. The van der Waals surface area contributed by atoms with Crippen LogP contribution in [-0.2, 0) is 4.79 Å². The number of fused-ring (bicyclic) bond motifs is 3. The average molecular weight is 497 g/mol. The summed E-state index contributed by atoms with van der Waals surface area (Å²) in [6, 6.07) is 14.7. The molecule has 3 heterocycles. The Bertz CT molecular complexity index is 1590. The highest BCUT2D eigenvalue weighted by Gasteiger charge is 2.36. The van der Waals surface area contributed by atoms with Crippen LogP contribution < -0.4 is 5.73 Å². The lowest BCUT2D eigenvalue weighted by Gasteiger charge is -2.16. The number of rotatable bonds is 4. The number of nitrogen functional groups attached to an aromatic ring is 1. The minimum Gasteiger partial charge on any atom is -0.481 e. The van der Waals surface area contributed by atoms with Crippen LogP contribution in [0.4, 0.5) is 5.69 Å². The number of carboxylic acids is 1. The molecule has 0 bridgehead atoms. The molecule has 1 unspecified atom stereocenters. The van der Waals surface area contributed by atoms with Gasteiger partial charge in [0.15, 0.2) is 5.82 Å². The van der Waals surface area contributed by atoms with E-state index in [1.807, 2.05) is 41.8 Å². The van der Waals surface area contributed by atoms with Crippen molar-refractivity contribution in [3.05, 3.63) is 81.2 Å². The molecule has 0 amide bonds. The van der Waals surface area contributed by atoms with E-state index in [1.165, 1.54) is 0 Å². The maximum atomic E-state index is 12.0. The Labute approximate surface area is 212 Å². The van der Waals surface area contributed by atoms with Gasteiger partial charge in [-0.1, -0.05) is 30.3 Å². The minimum atomic E-state index is -0.944. The lowest BCUT2D eigenvalue weighted by molar-refractivity contribution is -0.141. The van der Waals surface area contributed by atoms with Crippen LogP contribution in [0.3, 0.4) is 0 Å². The van der Waals surface area contributed by atoms with Crippen molar-refractivity contribution in [2.45, 2.75) is 33.7 Å². The van der Waals surface area contributed by atoms with Crippen molar-refractivity contribution in [2.75, 3.05) is 5.73 Å². The highest BCUT2D eigenvalue weighted by molar-refractivity contribution is 7.15. The zero-order valence-electron chi connectivity index (χ0n) is 20.3. The van der Waals surface area contributed by atoms with E-state index >= 15 is 0 Å². The van der Waals surface area contributed by atoms with Gasteiger partial charge in [0, 0.05) is 21.7 Å². The number of carboxylic acid groups (broad SMARTS) is 1. The number of benzene rings is 2. The van der Waals surface area contributed by atoms with Gasteiger partial charge < -0.3 is 10.8 Å². The molecule has 0 spiro atoms. The molecule has 1 aliphatic rings. The van der Waals surface area contributed by atoms with Crippen LogP contribution in [0.5, 0.6) is 0 Å². The predicted molar refractivity (Wildman–Crippen MR) is 140 cm³/mol. The van der Waals surface area contributed by atoms with E-state index in [9.17, 15) is 15.2 Å². The maximum Gasteiger partial charge on any atom is 0.308 e. The second-order valence-corrected chi connectivity index (χ2v) is 10.1. The summed E-state index contributed by atoms with van der Waals surface area (Å²) in [7, 11) is 0. The van der Waals surface area contributed by atoms with Crippen LogP contribution in [0.1, 0.15) is 51.7 Å². The normalized spacial score (nSPS) is 15.3. The van der Waals surface area contributed by atoms with E-state index in [4.69, 9.17) is 10.7 Å². The topological polar surface area (TPSA) is 130 Å². The second-order valence-electron chi connectivity index (χ2n) is 8.94. The molecule has 0 aliphatic carbocycles. The lowest BCUT2D eigenvalue weighted by Crippen LogP contribution is -2.21. The molecule has 36 heavy (non-hydrogen) atoms. The molecule has 1 aliphatic heterocycles. The number of carbonyl (C=O) groups is 1. The van der Waals surface area contributed by atoms with E-state index in [0.717, 1.165) is 43.4 Å². The summed E-state index contributed by atoms with van der Waals surface area (Å²) in [4.78, 5) is 18.2. The van der Waals surface area contributed by atoms with Gasteiger partial charge in [-0.25, -0.2) is 0 Å². The highest BCUT2D eigenvalue weighted by atomic mass is 32.1. The molecule has 2 atom stereocenters. The minimum absolute atomic E-state index is 0.433. The number of nitrogens with zero attached hydrogens (tertiary/aromatic N) is 5. The highest BCUT2D eigenvalue weighted by Crippen LogP contribution is 2.40. The summed E-state index contributed by atoms with van der Waals surface area (Å²) in [5.41, 5.74) is 12.2. The molecule has 3 N–H and O–H groups in total. The SMILES string of the molecule is Cc1sc2c(c1C)C(c1ccc(-c3ccc(N)c(C#N)c3)cc1)=N[C@@H](C(C)C(=O)O)c1nnc(C)n1-2. The molecule has 4 aromatic rings. The van der Waals surface area contributed by atoms with Crippen LogP contribution >= 0.6 is 11.3 Å².